The summed E-state index contributed by atoms with van der Waals surface area (Å²) in [5, 5.41) is 23.1. The smallest absolute Gasteiger partial charge is 0.272 e. The summed E-state index contributed by atoms with van der Waals surface area (Å²) in [6.07, 6.45) is -1.06. The van der Waals surface area contributed by atoms with E-state index in [1.165, 1.54) is 12.1 Å². The van der Waals surface area contributed by atoms with Crippen molar-refractivity contribution in [2.45, 2.75) is 12.5 Å². The molecule has 1 heterocycles. The zero-order valence-electron chi connectivity index (χ0n) is 15.2. The molecule has 8 heteroatoms. The summed E-state index contributed by atoms with van der Waals surface area (Å²) >= 11 is 6.24. The molecule has 1 atom stereocenters. The first-order valence-corrected chi connectivity index (χ1v) is 8.99. The molecule has 0 saturated carbocycles. The fourth-order valence-electron chi connectivity index (χ4n) is 2.90. The number of hydrogen-bond acceptors (Lipinski definition) is 6. The molecule has 3 aromatic rings. The second-order valence-electron chi connectivity index (χ2n) is 6.17. The van der Waals surface area contributed by atoms with Gasteiger partial charge in [-0.3, -0.25) is 10.1 Å². The SMILES string of the molecule is COCCOc1ccc([N+](=O)[O-])c(CC(O)c2cc3ccccc3nc2Cl)c1. The van der Waals surface area contributed by atoms with Crippen molar-refractivity contribution >= 4 is 28.2 Å². The molecule has 3 rings (SSSR count). The number of nitro groups is 1. The number of pyridine rings is 1. The number of fused-ring (bicyclic) bond motifs is 1. The molecule has 0 radical (unpaired) electrons. The van der Waals surface area contributed by atoms with E-state index in [0.29, 0.717) is 35.6 Å². The van der Waals surface area contributed by atoms with Gasteiger partial charge in [0.15, 0.2) is 0 Å². The normalized spacial score (nSPS) is 12.1. The van der Waals surface area contributed by atoms with Crippen LogP contribution in [0.4, 0.5) is 5.69 Å². The minimum absolute atomic E-state index is 0.00245. The van der Waals surface area contributed by atoms with Gasteiger partial charge in [-0.1, -0.05) is 29.8 Å². The van der Waals surface area contributed by atoms with E-state index in [1.54, 1.807) is 19.2 Å². The highest BCUT2D eigenvalue weighted by molar-refractivity contribution is 6.30. The third-order valence-electron chi connectivity index (χ3n) is 4.28. The van der Waals surface area contributed by atoms with E-state index in [-0.39, 0.29) is 17.3 Å². The Morgan fingerprint density at radius 2 is 2.00 bits per heavy atom. The van der Waals surface area contributed by atoms with Crippen LogP contribution in [0.5, 0.6) is 5.75 Å². The van der Waals surface area contributed by atoms with Crippen molar-refractivity contribution in [1.29, 1.82) is 0 Å². The zero-order valence-corrected chi connectivity index (χ0v) is 15.9. The average molecular weight is 403 g/mol. The maximum atomic E-state index is 11.4. The zero-order chi connectivity index (χ0) is 20.1. The predicted octanol–water partition coefficient (Wildman–Crippen LogP) is 4.10. The summed E-state index contributed by atoms with van der Waals surface area (Å²) in [5.74, 6) is 0.465. The third kappa shape index (κ3) is 4.56. The van der Waals surface area contributed by atoms with Crippen molar-refractivity contribution < 1.29 is 19.5 Å². The molecule has 1 unspecified atom stereocenters. The lowest BCUT2D eigenvalue weighted by Crippen LogP contribution is -2.08. The number of rotatable bonds is 8. The minimum Gasteiger partial charge on any atom is -0.491 e. The van der Waals surface area contributed by atoms with Crippen molar-refractivity contribution in [3.05, 3.63) is 74.9 Å². The van der Waals surface area contributed by atoms with Crippen LogP contribution in [0.2, 0.25) is 5.15 Å². The summed E-state index contributed by atoms with van der Waals surface area (Å²) in [5.41, 5.74) is 1.38. The Balaban J connectivity index is 1.89. The number of aromatic nitrogens is 1. The van der Waals surface area contributed by atoms with Gasteiger partial charge < -0.3 is 14.6 Å². The van der Waals surface area contributed by atoms with Crippen LogP contribution in [0, 0.1) is 10.1 Å². The number of nitro benzene ring substituents is 1. The summed E-state index contributed by atoms with van der Waals surface area (Å²) < 4.78 is 10.5. The fraction of sp³-hybridized carbons (Fsp3) is 0.250. The molecule has 2 aromatic carbocycles. The van der Waals surface area contributed by atoms with E-state index in [0.717, 1.165) is 5.39 Å². The van der Waals surface area contributed by atoms with Crippen LogP contribution in [-0.2, 0) is 11.2 Å². The lowest BCUT2D eigenvalue weighted by atomic mass is 10.00. The highest BCUT2D eigenvalue weighted by Crippen LogP contribution is 2.32. The van der Waals surface area contributed by atoms with Crippen molar-refractivity contribution in [3.63, 3.8) is 0 Å². The topological polar surface area (TPSA) is 94.7 Å². The number of hydrogen-bond donors (Lipinski definition) is 1. The number of halogens is 1. The van der Waals surface area contributed by atoms with Gasteiger partial charge >= 0.3 is 0 Å². The van der Waals surface area contributed by atoms with Crippen LogP contribution in [0.15, 0.2) is 48.5 Å². The maximum Gasteiger partial charge on any atom is 0.272 e. The molecule has 1 N–H and O–H groups in total. The predicted molar refractivity (Wildman–Crippen MR) is 106 cm³/mol. The summed E-state index contributed by atoms with van der Waals surface area (Å²) in [4.78, 5) is 15.2. The Bertz CT molecular complexity index is 995. The molecule has 0 amide bonds. The number of para-hydroxylation sites is 1. The Morgan fingerprint density at radius 3 is 2.75 bits per heavy atom. The molecule has 0 aliphatic rings. The van der Waals surface area contributed by atoms with Crippen molar-refractivity contribution in [2.75, 3.05) is 20.3 Å². The quantitative estimate of drug-likeness (QED) is 0.264. The molecule has 146 valence electrons. The van der Waals surface area contributed by atoms with Gasteiger partial charge in [0.2, 0.25) is 0 Å². The third-order valence-corrected chi connectivity index (χ3v) is 4.58. The van der Waals surface area contributed by atoms with Gasteiger partial charge in [0.1, 0.15) is 17.5 Å². The molecular formula is C20H19ClN2O5. The van der Waals surface area contributed by atoms with E-state index < -0.39 is 11.0 Å². The van der Waals surface area contributed by atoms with Gasteiger partial charge in [0, 0.05) is 36.1 Å². The minimum atomic E-state index is -1.06. The van der Waals surface area contributed by atoms with Gasteiger partial charge in [-0.2, -0.15) is 0 Å². The number of methoxy groups -OCH3 is 1. The van der Waals surface area contributed by atoms with Crippen molar-refractivity contribution in [3.8, 4) is 5.75 Å². The van der Waals surface area contributed by atoms with Gasteiger partial charge in [0.25, 0.3) is 5.69 Å². The number of nitrogens with zero attached hydrogens (tertiary/aromatic N) is 2. The lowest BCUT2D eigenvalue weighted by molar-refractivity contribution is -0.385. The van der Waals surface area contributed by atoms with Gasteiger partial charge in [0.05, 0.1) is 23.2 Å². The molecule has 1 aromatic heterocycles. The Hall–Kier alpha value is -2.74. The second-order valence-corrected chi connectivity index (χ2v) is 6.53. The van der Waals surface area contributed by atoms with E-state index in [2.05, 4.69) is 4.98 Å². The molecule has 0 bridgehead atoms. The number of aliphatic hydroxyl groups excluding tert-OH is 1. The standard InChI is InChI=1S/C20H19ClN2O5/c1-27-8-9-28-15-6-7-18(23(25)26)14(10-15)12-19(24)16-11-13-4-2-3-5-17(13)22-20(16)21/h2-7,10-11,19,24H,8-9,12H2,1H3. The number of ether oxygens (including phenoxy) is 2. The lowest BCUT2D eigenvalue weighted by Gasteiger charge is -2.14. The van der Waals surface area contributed by atoms with E-state index >= 15 is 0 Å². The molecule has 0 saturated heterocycles. The monoisotopic (exact) mass is 402 g/mol. The first kappa shape index (κ1) is 20.0. The fourth-order valence-corrected chi connectivity index (χ4v) is 3.17. The Morgan fingerprint density at radius 1 is 1.21 bits per heavy atom. The van der Waals surface area contributed by atoms with Crippen LogP contribution in [0.3, 0.4) is 0 Å². The molecule has 0 aliphatic heterocycles. The van der Waals surface area contributed by atoms with Crippen molar-refractivity contribution in [2.24, 2.45) is 0 Å². The maximum absolute atomic E-state index is 11.4. The summed E-state index contributed by atoms with van der Waals surface area (Å²) in [6, 6.07) is 13.6. The second kappa shape index (κ2) is 8.97. The van der Waals surface area contributed by atoms with E-state index in [9.17, 15) is 15.2 Å². The first-order valence-electron chi connectivity index (χ1n) is 8.62. The van der Waals surface area contributed by atoms with Gasteiger partial charge in [-0.25, -0.2) is 4.98 Å². The first-order chi connectivity index (χ1) is 13.5. The number of benzene rings is 2. The Labute approximate surface area is 166 Å². The highest BCUT2D eigenvalue weighted by Gasteiger charge is 2.21. The average Bonchev–Trinajstić information content (AvgIpc) is 2.67. The van der Waals surface area contributed by atoms with Crippen LogP contribution >= 0.6 is 11.6 Å². The molecule has 28 heavy (non-hydrogen) atoms. The van der Waals surface area contributed by atoms with E-state index in [4.69, 9.17) is 21.1 Å². The highest BCUT2D eigenvalue weighted by atomic mass is 35.5. The Kier molecular flexibility index (Phi) is 6.41. The summed E-state index contributed by atoms with van der Waals surface area (Å²) in [7, 11) is 1.56. The van der Waals surface area contributed by atoms with Gasteiger partial charge in [-0.15, -0.1) is 0 Å². The molecular weight excluding hydrogens is 384 g/mol. The molecule has 0 aliphatic carbocycles. The van der Waals surface area contributed by atoms with Crippen molar-refractivity contribution in [1.82, 2.24) is 4.98 Å². The van der Waals surface area contributed by atoms with Crippen LogP contribution in [-0.4, -0.2) is 35.3 Å². The largest absolute Gasteiger partial charge is 0.491 e. The van der Waals surface area contributed by atoms with Crippen LogP contribution in [0.1, 0.15) is 17.2 Å². The molecule has 0 fully saturated rings. The van der Waals surface area contributed by atoms with Crippen LogP contribution < -0.4 is 4.74 Å². The van der Waals surface area contributed by atoms with E-state index in [1.807, 2.05) is 24.3 Å². The van der Waals surface area contributed by atoms with Gasteiger partial charge in [-0.05, 0) is 24.3 Å². The number of aliphatic hydroxyl groups is 1. The summed E-state index contributed by atoms with van der Waals surface area (Å²) in [6.45, 7) is 0.712. The molecule has 7 nitrogen and oxygen atoms in total. The van der Waals surface area contributed by atoms with Crippen LogP contribution in [0.25, 0.3) is 10.9 Å². The molecule has 0 spiro atoms.